The predicted molar refractivity (Wildman–Crippen MR) is 119 cm³/mol. The molecule has 2 amide bonds. The molecule has 0 saturated carbocycles. The monoisotopic (exact) mass is 421 g/mol. The van der Waals surface area contributed by atoms with E-state index in [4.69, 9.17) is 5.10 Å². The number of nitrogens with zero attached hydrogens (tertiary/aromatic N) is 5. The largest absolute Gasteiger partial charge is 0.354 e. The zero-order valence-corrected chi connectivity index (χ0v) is 18.0. The van der Waals surface area contributed by atoms with Crippen molar-refractivity contribution in [1.82, 2.24) is 19.8 Å². The first-order valence-corrected chi connectivity index (χ1v) is 10.6. The van der Waals surface area contributed by atoms with Gasteiger partial charge in [-0.1, -0.05) is 19.9 Å². The molecular formula is C22H27N7O2. The molecule has 0 radical (unpaired) electrons. The van der Waals surface area contributed by atoms with Gasteiger partial charge in [-0.05, 0) is 43.2 Å². The van der Waals surface area contributed by atoms with Gasteiger partial charge in [0.15, 0.2) is 11.5 Å². The summed E-state index contributed by atoms with van der Waals surface area (Å²) in [4.78, 5) is 26.3. The first-order chi connectivity index (χ1) is 14.9. The highest BCUT2D eigenvalue weighted by Crippen LogP contribution is 2.24. The van der Waals surface area contributed by atoms with Gasteiger partial charge in [0.25, 0.3) is 0 Å². The molecule has 3 aromatic rings. The fourth-order valence-corrected chi connectivity index (χ4v) is 3.85. The molecule has 9 nitrogen and oxygen atoms in total. The van der Waals surface area contributed by atoms with Crippen molar-refractivity contribution >= 4 is 34.7 Å². The zero-order valence-electron chi connectivity index (χ0n) is 18.0. The van der Waals surface area contributed by atoms with E-state index in [1.165, 1.54) is 6.92 Å². The molecule has 1 aromatic carbocycles. The van der Waals surface area contributed by atoms with Crippen LogP contribution in [0.5, 0.6) is 0 Å². The van der Waals surface area contributed by atoms with E-state index >= 15 is 0 Å². The van der Waals surface area contributed by atoms with Crippen molar-refractivity contribution in [2.24, 2.45) is 5.92 Å². The first-order valence-electron chi connectivity index (χ1n) is 10.6. The molecule has 1 aliphatic heterocycles. The minimum atomic E-state index is -0.152. The maximum absolute atomic E-state index is 12.9. The highest BCUT2D eigenvalue weighted by atomic mass is 16.2. The zero-order chi connectivity index (χ0) is 22.0. The van der Waals surface area contributed by atoms with E-state index in [2.05, 4.69) is 39.6 Å². The molecule has 1 aliphatic rings. The van der Waals surface area contributed by atoms with Crippen molar-refractivity contribution in [2.45, 2.75) is 39.5 Å². The fraction of sp³-hybridized carbons (Fsp3) is 0.409. The molecule has 1 atom stereocenters. The second-order valence-electron chi connectivity index (χ2n) is 8.21. The number of carbonyl (C=O) groups excluding carboxylic acids is 2. The number of benzene rings is 1. The standard InChI is InChI=1S/C22H27N7O2/c1-14(2)21-26-25-19-9-10-20(27-29(19)21)28-11-5-6-16(13-28)22(31)24-18-8-4-7-17(12-18)23-15(3)30/h4,7-10,12,14,16H,5-6,11,13H2,1-3H3,(H,23,30)(H,24,31). The lowest BCUT2D eigenvalue weighted by atomic mass is 9.97. The van der Waals surface area contributed by atoms with E-state index in [9.17, 15) is 9.59 Å². The van der Waals surface area contributed by atoms with Crippen LogP contribution in [0, 0.1) is 5.92 Å². The van der Waals surface area contributed by atoms with Gasteiger partial charge in [-0.15, -0.1) is 15.3 Å². The van der Waals surface area contributed by atoms with E-state index in [0.717, 1.165) is 36.7 Å². The summed E-state index contributed by atoms with van der Waals surface area (Å²) in [5, 5.41) is 18.9. The molecule has 3 heterocycles. The van der Waals surface area contributed by atoms with Gasteiger partial charge >= 0.3 is 0 Å². The maximum atomic E-state index is 12.9. The smallest absolute Gasteiger partial charge is 0.229 e. The summed E-state index contributed by atoms with van der Waals surface area (Å²) in [5.74, 6) is 1.52. The molecule has 31 heavy (non-hydrogen) atoms. The minimum absolute atomic E-state index is 0.0297. The number of hydrogen-bond acceptors (Lipinski definition) is 6. The summed E-state index contributed by atoms with van der Waals surface area (Å²) in [6.07, 6.45) is 1.72. The molecule has 1 unspecified atom stereocenters. The highest BCUT2D eigenvalue weighted by Gasteiger charge is 2.27. The van der Waals surface area contributed by atoms with Crippen molar-refractivity contribution in [3.8, 4) is 0 Å². The van der Waals surface area contributed by atoms with Gasteiger partial charge in [0, 0.05) is 37.3 Å². The summed E-state index contributed by atoms with van der Waals surface area (Å²) in [6.45, 7) is 7.02. The fourth-order valence-electron chi connectivity index (χ4n) is 3.85. The van der Waals surface area contributed by atoms with Crippen LogP contribution in [0.2, 0.25) is 0 Å². The molecule has 1 saturated heterocycles. The number of piperidine rings is 1. The third kappa shape index (κ3) is 4.65. The molecule has 2 aromatic heterocycles. The molecule has 4 rings (SSSR count). The number of aromatic nitrogens is 4. The molecular weight excluding hydrogens is 394 g/mol. The van der Waals surface area contributed by atoms with Crippen LogP contribution in [0.15, 0.2) is 36.4 Å². The Labute approximate surface area is 180 Å². The van der Waals surface area contributed by atoms with Gasteiger partial charge in [0.2, 0.25) is 11.8 Å². The Kier molecular flexibility index (Phi) is 5.83. The van der Waals surface area contributed by atoms with Crippen LogP contribution >= 0.6 is 0 Å². The topological polar surface area (TPSA) is 105 Å². The van der Waals surface area contributed by atoms with Gasteiger partial charge in [0.1, 0.15) is 5.82 Å². The van der Waals surface area contributed by atoms with Crippen LogP contribution in [0.3, 0.4) is 0 Å². The molecule has 162 valence electrons. The van der Waals surface area contributed by atoms with Crippen molar-refractivity contribution < 1.29 is 9.59 Å². The van der Waals surface area contributed by atoms with Crippen LogP contribution in [0.1, 0.15) is 45.4 Å². The van der Waals surface area contributed by atoms with Crippen LogP contribution in [0.4, 0.5) is 17.2 Å². The quantitative estimate of drug-likeness (QED) is 0.656. The van der Waals surface area contributed by atoms with Gasteiger partial charge < -0.3 is 15.5 Å². The van der Waals surface area contributed by atoms with E-state index in [1.807, 2.05) is 18.2 Å². The molecule has 0 aliphatic carbocycles. The molecule has 0 spiro atoms. The third-order valence-corrected chi connectivity index (χ3v) is 5.36. The normalized spacial score (nSPS) is 16.5. The first kappa shape index (κ1) is 20.8. The van der Waals surface area contributed by atoms with E-state index < -0.39 is 0 Å². The van der Waals surface area contributed by atoms with Gasteiger partial charge in [-0.25, -0.2) is 0 Å². The molecule has 2 N–H and O–H groups in total. The van der Waals surface area contributed by atoms with E-state index in [0.29, 0.717) is 17.9 Å². The minimum Gasteiger partial charge on any atom is -0.354 e. The summed E-state index contributed by atoms with van der Waals surface area (Å²) < 4.78 is 1.79. The molecule has 1 fully saturated rings. The second-order valence-corrected chi connectivity index (χ2v) is 8.21. The van der Waals surface area contributed by atoms with Crippen molar-refractivity contribution in [3.05, 3.63) is 42.2 Å². The van der Waals surface area contributed by atoms with Gasteiger partial charge in [0.05, 0.1) is 5.92 Å². The lowest BCUT2D eigenvalue weighted by molar-refractivity contribution is -0.120. The van der Waals surface area contributed by atoms with Crippen molar-refractivity contribution in [3.63, 3.8) is 0 Å². The second kappa shape index (κ2) is 8.71. The Balaban J connectivity index is 1.47. The van der Waals surface area contributed by atoms with E-state index in [1.54, 1.807) is 22.7 Å². The van der Waals surface area contributed by atoms with Gasteiger partial charge in [-0.2, -0.15) is 4.52 Å². The van der Waals surface area contributed by atoms with Crippen LogP contribution < -0.4 is 15.5 Å². The average molecular weight is 422 g/mol. The third-order valence-electron chi connectivity index (χ3n) is 5.36. The number of carbonyl (C=O) groups is 2. The number of hydrogen-bond donors (Lipinski definition) is 2. The number of anilines is 3. The van der Waals surface area contributed by atoms with Crippen LogP contribution in [-0.4, -0.2) is 44.7 Å². The van der Waals surface area contributed by atoms with Crippen molar-refractivity contribution in [1.29, 1.82) is 0 Å². The Morgan fingerprint density at radius 3 is 2.61 bits per heavy atom. The number of rotatable bonds is 5. The number of fused-ring (bicyclic) bond motifs is 1. The molecule has 0 bridgehead atoms. The summed E-state index contributed by atoms with van der Waals surface area (Å²) in [7, 11) is 0. The van der Waals surface area contributed by atoms with Crippen molar-refractivity contribution in [2.75, 3.05) is 28.6 Å². The SMILES string of the molecule is CC(=O)Nc1cccc(NC(=O)C2CCCN(c3ccc4nnc(C(C)C)n4n3)C2)c1. The molecule has 9 heteroatoms. The van der Waals surface area contributed by atoms with E-state index in [-0.39, 0.29) is 23.7 Å². The predicted octanol–water partition coefficient (Wildman–Crippen LogP) is 3.06. The number of nitrogens with one attached hydrogen (secondary N) is 2. The Morgan fingerprint density at radius 2 is 1.87 bits per heavy atom. The average Bonchev–Trinajstić information content (AvgIpc) is 3.17. The number of amides is 2. The Bertz CT molecular complexity index is 1110. The summed E-state index contributed by atoms with van der Waals surface area (Å²) in [5.41, 5.74) is 2.04. The van der Waals surface area contributed by atoms with Crippen LogP contribution in [0.25, 0.3) is 5.65 Å². The summed E-state index contributed by atoms with van der Waals surface area (Å²) in [6, 6.07) is 11.0. The lowest BCUT2D eigenvalue weighted by Crippen LogP contribution is -2.41. The van der Waals surface area contributed by atoms with Crippen LogP contribution in [-0.2, 0) is 9.59 Å². The summed E-state index contributed by atoms with van der Waals surface area (Å²) >= 11 is 0. The Morgan fingerprint density at radius 1 is 1.10 bits per heavy atom. The Hall–Kier alpha value is -3.49. The van der Waals surface area contributed by atoms with Gasteiger partial charge in [-0.3, -0.25) is 9.59 Å². The maximum Gasteiger partial charge on any atom is 0.229 e. The highest BCUT2D eigenvalue weighted by molar-refractivity contribution is 5.94. The lowest BCUT2D eigenvalue weighted by Gasteiger charge is -2.32.